The lowest BCUT2D eigenvalue weighted by Crippen LogP contribution is -2.49. The predicted molar refractivity (Wildman–Crippen MR) is 132 cm³/mol. The molecule has 2 aliphatic rings. The van der Waals surface area contributed by atoms with E-state index >= 15 is 0 Å². The Morgan fingerprint density at radius 3 is 2.31 bits per heavy atom. The van der Waals surface area contributed by atoms with Crippen LogP contribution in [0.1, 0.15) is 36.3 Å². The van der Waals surface area contributed by atoms with Crippen molar-refractivity contribution in [2.24, 2.45) is 5.92 Å². The molecule has 1 fully saturated rings. The van der Waals surface area contributed by atoms with Crippen LogP contribution in [0.15, 0.2) is 48.5 Å². The Labute approximate surface area is 205 Å². The third-order valence-corrected chi connectivity index (χ3v) is 6.98. The van der Waals surface area contributed by atoms with Crippen molar-refractivity contribution in [1.82, 2.24) is 15.1 Å². The number of carbonyl (C=O) groups is 3. The summed E-state index contributed by atoms with van der Waals surface area (Å²) in [6.07, 6.45) is 0.0748. The van der Waals surface area contributed by atoms with E-state index in [1.54, 1.807) is 11.9 Å². The molecule has 186 valence electrons. The molecule has 0 spiro atoms. The summed E-state index contributed by atoms with van der Waals surface area (Å²) in [6, 6.07) is 15.2. The van der Waals surface area contributed by atoms with Crippen molar-refractivity contribution in [3.8, 4) is 11.1 Å². The number of hydrogen-bond acceptors (Lipinski definition) is 5. The fraction of sp³-hybridized carbons (Fsp3) is 0.444. The topological polar surface area (TPSA) is 99.2 Å². The van der Waals surface area contributed by atoms with Crippen LogP contribution in [0, 0.1) is 5.92 Å². The monoisotopic (exact) mass is 479 g/mol. The number of likely N-dealkylation sites (tertiary alicyclic amines) is 1. The van der Waals surface area contributed by atoms with Crippen molar-refractivity contribution in [3.63, 3.8) is 0 Å². The predicted octanol–water partition coefficient (Wildman–Crippen LogP) is 3.17. The van der Waals surface area contributed by atoms with Crippen LogP contribution < -0.4 is 5.32 Å². The molecule has 2 unspecified atom stereocenters. The highest BCUT2D eigenvalue weighted by molar-refractivity contribution is 5.86. The van der Waals surface area contributed by atoms with Gasteiger partial charge in [0.15, 0.2) is 0 Å². The minimum atomic E-state index is -1.02. The summed E-state index contributed by atoms with van der Waals surface area (Å²) in [5.41, 5.74) is 4.46. The summed E-state index contributed by atoms with van der Waals surface area (Å²) < 4.78 is 5.58. The summed E-state index contributed by atoms with van der Waals surface area (Å²) in [7, 11) is 3.75. The molecule has 8 nitrogen and oxygen atoms in total. The van der Waals surface area contributed by atoms with Crippen LogP contribution in [-0.4, -0.2) is 79.3 Å². The Morgan fingerprint density at radius 1 is 1.11 bits per heavy atom. The van der Waals surface area contributed by atoms with Gasteiger partial charge < -0.3 is 25.0 Å². The van der Waals surface area contributed by atoms with Gasteiger partial charge in [0.2, 0.25) is 5.91 Å². The van der Waals surface area contributed by atoms with E-state index < -0.39 is 18.1 Å². The molecule has 1 aliphatic carbocycles. The molecule has 2 amide bonds. The molecular formula is C27H33N3O5. The summed E-state index contributed by atoms with van der Waals surface area (Å²) in [5.74, 6) is -1.04. The number of nitrogens with one attached hydrogen (secondary N) is 1. The maximum Gasteiger partial charge on any atom is 0.407 e. The Balaban J connectivity index is 1.39. The van der Waals surface area contributed by atoms with Gasteiger partial charge in [-0.2, -0.15) is 0 Å². The lowest BCUT2D eigenvalue weighted by Gasteiger charge is -2.26. The Kier molecular flexibility index (Phi) is 7.70. The number of aliphatic carboxylic acids is 1. The first-order valence-electron chi connectivity index (χ1n) is 12.1. The third-order valence-electron chi connectivity index (χ3n) is 6.98. The molecule has 2 N–H and O–H groups in total. The molecule has 1 saturated heterocycles. The number of amides is 2. The largest absolute Gasteiger partial charge is 0.481 e. The number of carboxylic acid groups (broad SMARTS) is 1. The zero-order valence-corrected chi connectivity index (χ0v) is 20.3. The van der Waals surface area contributed by atoms with Crippen LogP contribution in [0.3, 0.4) is 0 Å². The van der Waals surface area contributed by atoms with Gasteiger partial charge in [-0.05, 0) is 54.6 Å². The van der Waals surface area contributed by atoms with Crippen molar-refractivity contribution in [3.05, 3.63) is 59.7 Å². The van der Waals surface area contributed by atoms with Gasteiger partial charge in [-0.3, -0.25) is 9.59 Å². The molecule has 2 aromatic rings. The first-order chi connectivity index (χ1) is 16.8. The molecular weight excluding hydrogens is 446 g/mol. The molecule has 0 radical (unpaired) electrons. The fourth-order valence-corrected chi connectivity index (χ4v) is 5.23. The van der Waals surface area contributed by atoms with Crippen molar-refractivity contribution in [1.29, 1.82) is 0 Å². The summed E-state index contributed by atoms with van der Waals surface area (Å²) >= 11 is 0. The van der Waals surface area contributed by atoms with Gasteiger partial charge in [0.1, 0.15) is 12.6 Å². The fourth-order valence-electron chi connectivity index (χ4n) is 5.23. The highest BCUT2D eigenvalue weighted by Crippen LogP contribution is 2.44. The van der Waals surface area contributed by atoms with Crippen molar-refractivity contribution in [2.45, 2.75) is 31.2 Å². The summed E-state index contributed by atoms with van der Waals surface area (Å²) in [5, 5.41) is 11.8. The quantitative estimate of drug-likeness (QED) is 0.573. The van der Waals surface area contributed by atoms with Crippen molar-refractivity contribution < 1.29 is 24.2 Å². The van der Waals surface area contributed by atoms with Crippen LogP contribution in [-0.2, 0) is 14.3 Å². The molecule has 2 atom stereocenters. The smallest absolute Gasteiger partial charge is 0.407 e. The lowest BCUT2D eigenvalue weighted by atomic mass is 9.98. The van der Waals surface area contributed by atoms with E-state index in [2.05, 4.69) is 29.4 Å². The van der Waals surface area contributed by atoms with E-state index in [-0.39, 0.29) is 31.3 Å². The van der Waals surface area contributed by atoms with Gasteiger partial charge in [0.25, 0.3) is 0 Å². The molecule has 1 heterocycles. The average molecular weight is 480 g/mol. The second-order valence-electron chi connectivity index (χ2n) is 9.59. The number of benzene rings is 2. The molecule has 35 heavy (non-hydrogen) atoms. The number of likely N-dealkylation sites (N-methyl/N-ethyl adjacent to an activating group) is 1. The number of rotatable bonds is 9. The Hall–Kier alpha value is -3.39. The molecule has 2 aromatic carbocycles. The van der Waals surface area contributed by atoms with Crippen LogP contribution in [0.2, 0.25) is 0 Å². The number of hydrogen-bond donors (Lipinski definition) is 2. The second-order valence-corrected chi connectivity index (χ2v) is 9.59. The zero-order chi connectivity index (χ0) is 24.9. The SMILES string of the molecule is CN1CCC(CN(C)C(=O)C(CCC(=O)O)NC(=O)OCC2c3ccccc3-c3ccccc32)C1. The second kappa shape index (κ2) is 10.9. The highest BCUT2D eigenvalue weighted by Gasteiger charge is 2.31. The average Bonchev–Trinajstić information content (AvgIpc) is 3.40. The normalized spacial score (nSPS) is 17.9. The minimum absolute atomic E-state index is 0.00721. The molecule has 8 heteroatoms. The first-order valence-corrected chi connectivity index (χ1v) is 12.1. The molecule has 1 aliphatic heterocycles. The first kappa shape index (κ1) is 24.7. The van der Waals surface area contributed by atoms with Crippen LogP contribution >= 0.6 is 0 Å². The van der Waals surface area contributed by atoms with E-state index in [9.17, 15) is 14.4 Å². The van der Waals surface area contributed by atoms with Crippen molar-refractivity contribution in [2.75, 3.05) is 40.3 Å². The van der Waals surface area contributed by atoms with Gasteiger partial charge in [-0.1, -0.05) is 48.5 Å². The van der Waals surface area contributed by atoms with Gasteiger partial charge in [-0.25, -0.2) is 4.79 Å². The number of ether oxygens (including phenoxy) is 1. The maximum absolute atomic E-state index is 13.1. The van der Waals surface area contributed by atoms with Gasteiger partial charge in [-0.15, -0.1) is 0 Å². The van der Waals surface area contributed by atoms with E-state index in [0.29, 0.717) is 12.5 Å². The number of nitrogens with zero attached hydrogens (tertiary/aromatic N) is 2. The molecule has 0 aromatic heterocycles. The molecule has 0 bridgehead atoms. The van der Waals surface area contributed by atoms with E-state index in [1.165, 1.54) is 0 Å². The van der Waals surface area contributed by atoms with Crippen molar-refractivity contribution >= 4 is 18.0 Å². The van der Waals surface area contributed by atoms with Crippen LogP contribution in [0.4, 0.5) is 4.79 Å². The molecule has 4 rings (SSSR count). The number of carbonyl (C=O) groups excluding carboxylic acids is 2. The van der Waals surface area contributed by atoms with Gasteiger partial charge in [0.05, 0.1) is 0 Å². The minimum Gasteiger partial charge on any atom is -0.481 e. The summed E-state index contributed by atoms with van der Waals surface area (Å²) in [4.78, 5) is 40.8. The van der Waals surface area contributed by atoms with Gasteiger partial charge in [0, 0.05) is 32.5 Å². The van der Waals surface area contributed by atoms with E-state index in [4.69, 9.17) is 9.84 Å². The number of alkyl carbamates (subject to hydrolysis) is 1. The lowest BCUT2D eigenvalue weighted by molar-refractivity contribution is -0.138. The Bertz CT molecular complexity index is 1040. The maximum atomic E-state index is 13.1. The summed E-state index contributed by atoms with van der Waals surface area (Å²) in [6.45, 7) is 2.60. The highest BCUT2D eigenvalue weighted by atomic mass is 16.5. The standard InChI is InChI=1S/C27H33N3O5/c1-29-14-13-18(15-29)16-30(2)26(33)24(11-12-25(31)32)28-27(34)35-17-23-21-9-5-3-7-19(21)20-8-4-6-10-22(20)23/h3-10,18,23-24H,11-17H2,1-2H3,(H,28,34)(H,31,32). The molecule has 0 saturated carbocycles. The third kappa shape index (κ3) is 5.82. The van der Waals surface area contributed by atoms with Gasteiger partial charge >= 0.3 is 12.1 Å². The number of carboxylic acids is 1. The number of fused-ring (bicyclic) bond motifs is 3. The van der Waals surface area contributed by atoms with Crippen LogP contribution in [0.25, 0.3) is 11.1 Å². The Morgan fingerprint density at radius 2 is 1.74 bits per heavy atom. The zero-order valence-electron chi connectivity index (χ0n) is 20.3. The van der Waals surface area contributed by atoms with E-state index in [0.717, 1.165) is 41.8 Å². The van der Waals surface area contributed by atoms with Crippen LogP contribution in [0.5, 0.6) is 0 Å². The van der Waals surface area contributed by atoms with E-state index in [1.807, 2.05) is 36.4 Å².